The van der Waals surface area contributed by atoms with E-state index in [0.29, 0.717) is 0 Å². The van der Waals surface area contributed by atoms with Gasteiger partial charge in [-0.15, -0.1) is 0 Å². The molecule has 2 heteroatoms. The van der Waals surface area contributed by atoms with Gasteiger partial charge in [-0.2, -0.15) is 0 Å². The van der Waals surface area contributed by atoms with Gasteiger partial charge < -0.3 is 10.2 Å². The van der Waals surface area contributed by atoms with E-state index in [-0.39, 0.29) is 6.04 Å². The zero-order valence-electron chi connectivity index (χ0n) is 10.4. The highest BCUT2D eigenvalue weighted by Gasteiger charge is 2.12. The van der Waals surface area contributed by atoms with Crippen LogP contribution in [0.4, 0.5) is 0 Å². The molecular weight excluding hydrogens is 210 g/mol. The van der Waals surface area contributed by atoms with Crippen molar-refractivity contribution in [2.45, 2.75) is 32.7 Å². The van der Waals surface area contributed by atoms with Crippen LogP contribution in [-0.2, 0) is 12.8 Å². The van der Waals surface area contributed by atoms with Crippen molar-refractivity contribution >= 4 is 0 Å². The SMILES string of the molecule is CCc1ccc(C(N)c2ccc(CC)o2)cc1. The highest BCUT2D eigenvalue weighted by atomic mass is 16.3. The molecule has 0 saturated heterocycles. The van der Waals surface area contributed by atoms with E-state index in [0.717, 1.165) is 29.9 Å². The highest BCUT2D eigenvalue weighted by Crippen LogP contribution is 2.22. The summed E-state index contributed by atoms with van der Waals surface area (Å²) in [6.45, 7) is 4.22. The number of hydrogen-bond acceptors (Lipinski definition) is 2. The first kappa shape index (κ1) is 11.9. The average Bonchev–Trinajstić information content (AvgIpc) is 2.87. The molecule has 2 rings (SSSR count). The first-order valence-corrected chi connectivity index (χ1v) is 6.17. The van der Waals surface area contributed by atoms with E-state index in [1.807, 2.05) is 12.1 Å². The lowest BCUT2D eigenvalue weighted by Gasteiger charge is -2.09. The first-order chi connectivity index (χ1) is 8.24. The van der Waals surface area contributed by atoms with E-state index in [2.05, 4.69) is 38.1 Å². The number of aryl methyl sites for hydroxylation is 2. The highest BCUT2D eigenvalue weighted by molar-refractivity contribution is 5.29. The van der Waals surface area contributed by atoms with Gasteiger partial charge in [0.1, 0.15) is 11.5 Å². The Morgan fingerprint density at radius 2 is 1.71 bits per heavy atom. The number of benzene rings is 1. The summed E-state index contributed by atoms with van der Waals surface area (Å²) in [6, 6.07) is 12.2. The topological polar surface area (TPSA) is 39.2 Å². The third-order valence-electron chi connectivity index (χ3n) is 3.08. The average molecular weight is 229 g/mol. The van der Waals surface area contributed by atoms with Crippen LogP contribution >= 0.6 is 0 Å². The number of rotatable bonds is 4. The molecule has 0 aliphatic rings. The maximum Gasteiger partial charge on any atom is 0.125 e. The van der Waals surface area contributed by atoms with Crippen LogP contribution in [-0.4, -0.2) is 0 Å². The van der Waals surface area contributed by atoms with Crippen molar-refractivity contribution in [2.24, 2.45) is 5.73 Å². The fraction of sp³-hybridized carbons (Fsp3) is 0.333. The molecule has 1 atom stereocenters. The lowest BCUT2D eigenvalue weighted by molar-refractivity contribution is 0.454. The normalized spacial score (nSPS) is 12.6. The van der Waals surface area contributed by atoms with Crippen LogP contribution in [0.25, 0.3) is 0 Å². The fourth-order valence-electron chi connectivity index (χ4n) is 1.88. The van der Waals surface area contributed by atoms with E-state index in [1.54, 1.807) is 0 Å². The zero-order chi connectivity index (χ0) is 12.3. The fourth-order valence-corrected chi connectivity index (χ4v) is 1.88. The smallest absolute Gasteiger partial charge is 0.125 e. The molecule has 1 unspecified atom stereocenters. The van der Waals surface area contributed by atoms with E-state index >= 15 is 0 Å². The summed E-state index contributed by atoms with van der Waals surface area (Å²) in [4.78, 5) is 0. The molecule has 2 nitrogen and oxygen atoms in total. The number of furan rings is 1. The molecule has 0 radical (unpaired) electrons. The minimum atomic E-state index is -0.166. The predicted octanol–water partition coefficient (Wildman–Crippen LogP) is 3.45. The zero-order valence-corrected chi connectivity index (χ0v) is 10.4. The summed E-state index contributed by atoms with van der Waals surface area (Å²) >= 11 is 0. The van der Waals surface area contributed by atoms with Gasteiger partial charge in [0.2, 0.25) is 0 Å². The van der Waals surface area contributed by atoms with Gasteiger partial charge in [0.05, 0.1) is 6.04 Å². The molecule has 0 aliphatic carbocycles. The standard InChI is InChI=1S/C15H19NO/c1-3-11-5-7-12(8-6-11)15(16)14-10-9-13(4-2)17-14/h5-10,15H,3-4,16H2,1-2H3. The second-order valence-electron chi connectivity index (χ2n) is 4.23. The molecule has 0 bridgehead atoms. The molecule has 0 amide bonds. The summed E-state index contributed by atoms with van der Waals surface area (Å²) in [5.41, 5.74) is 8.61. The molecule has 0 aliphatic heterocycles. The van der Waals surface area contributed by atoms with Crippen LogP contribution in [0, 0.1) is 0 Å². The van der Waals surface area contributed by atoms with Gasteiger partial charge in [-0.05, 0) is 29.7 Å². The Hall–Kier alpha value is -1.54. The van der Waals surface area contributed by atoms with Crippen LogP contribution in [0.1, 0.15) is 42.5 Å². The Bertz CT molecular complexity index is 470. The maximum absolute atomic E-state index is 6.18. The molecule has 1 aromatic carbocycles. The maximum atomic E-state index is 6.18. The van der Waals surface area contributed by atoms with Gasteiger partial charge >= 0.3 is 0 Å². The van der Waals surface area contributed by atoms with Crippen LogP contribution in [0.15, 0.2) is 40.8 Å². The molecule has 0 spiro atoms. The van der Waals surface area contributed by atoms with Crippen molar-refractivity contribution in [1.29, 1.82) is 0 Å². The molecule has 2 N–H and O–H groups in total. The Labute approximate surface area is 102 Å². The van der Waals surface area contributed by atoms with Crippen molar-refractivity contribution < 1.29 is 4.42 Å². The van der Waals surface area contributed by atoms with Gasteiger partial charge in [0.15, 0.2) is 0 Å². The Morgan fingerprint density at radius 1 is 1.00 bits per heavy atom. The van der Waals surface area contributed by atoms with Crippen molar-refractivity contribution in [1.82, 2.24) is 0 Å². The minimum absolute atomic E-state index is 0.166. The van der Waals surface area contributed by atoms with Crippen LogP contribution in [0.3, 0.4) is 0 Å². The Kier molecular flexibility index (Phi) is 3.64. The van der Waals surface area contributed by atoms with Gasteiger partial charge in [-0.1, -0.05) is 38.1 Å². The molecule has 2 aromatic rings. The molecule has 17 heavy (non-hydrogen) atoms. The minimum Gasteiger partial charge on any atom is -0.464 e. The van der Waals surface area contributed by atoms with Crippen molar-refractivity contribution in [3.05, 3.63) is 59.0 Å². The van der Waals surface area contributed by atoms with Crippen molar-refractivity contribution in [3.8, 4) is 0 Å². The van der Waals surface area contributed by atoms with Gasteiger partial charge in [0.25, 0.3) is 0 Å². The molecule has 1 heterocycles. The van der Waals surface area contributed by atoms with Crippen LogP contribution < -0.4 is 5.73 Å². The second-order valence-corrected chi connectivity index (χ2v) is 4.23. The van der Waals surface area contributed by atoms with Crippen molar-refractivity contribution in [3.63, 3.8) is 0 Å². The van der Waals surface area contributed by atoms with E-state index in [4.69, 9.17) is 10.2 Å². The number of nitrogens with two attached hydrogens (primary N) is 1. The lowest BCUT2D eigenvalue weighted by Crippen LogP contribution is -2.10. The monoisotopic (exact) mass is 229 g/mol. The third-order valence-corrected chi connectivity index (χ3v) is 3.08. The largest absolute Gasteiger partial charge is 0.464 e. The van der Waals surface area contributed by atoms with Gasteiger partial charge in [0, 0.05) is 6.42 Å². The lowest BCUT2D eigenvalue weighted by atomic mass is 10.0. The van der Waals surface area contributed by atoms with Crippen molar-refractivity contribution in [2.75, 3.05) is 0 Å². The summed E-state index contributed by atoms with van der Waals surface area (Å²) < 4.78 is 5.68. The summed E-state index contributed by atoms with van der Waals surface area (Å²) in [7, 11) is 0. The molecule has 0 fully saturated rings. The predicted molar refractivity (Wildman–Crippen MR) is 69.9 cm³/mol. The van der Waals surface area contributed by atoms with E-state index in [1.165, 1.54) is 5.56 Å². The Balaban J connectivity index is 2.20. The second kappa shape index (κ2) is 5.19. The quantitative estimate of drug-likeness (QED) is 0.872. The van der Waals surface area contributed by atoms with Crippen LogP contribution in [0.2, 0.25) is 0 Å². The van der Waals surface area contributed by atoms with E-state index in [9.17, 15) is 0 Å². The van der Waals surface area contributed by atoms with Gasteiger partial charge in [-0.25, -0.2) is 0 Å². The summed E-state index contributed by atoms with van der Waals surface area (Å²) in [5, 5.41) is 0. The molecule has 0 saturated carbocycles. The van der Waals surface area contributed by atoms with Gasteiger partial charge in [-0.3, -0.25) is 0 Å². The summed E-state index contributed by atoms with van der Waals surface area (Å²) in [5.74, 6) is 1.83. The van der Waals surface area contributed by atoms with E-state index < -0.39 is 0 Å². The van der Waals surface area contributed by atoms with Crippen LogP contribution in [0.5, 0.6) is 0 Å². The molecular formula is C15H19NO. The molecule has 1 aromatic heterocycles. The molecule has 90 valence electrons. The Morgan fingerprint density at radius 3 is 2.24 bits per heavy atom. The number of hydrogen-bond donors (Lipinski definition) is 1. The first-order valence-electron chi connectivity index (χ1n) is 6.17. The third kappa shape index (κ3) is 2.59. The summed E-state index contributed by atoms with van der Waals surface area (Å²) in [6.07, 6.45) is 1.96.